The van der Waals surface area contributed by atoms with Crippen LogP contribution in [-0.2, 0) is 11.3 Å². The Bertz CT molecular complexity index is 718. The highest BCUT2D eigenvalue weighted by molar-refractivity contribution is 7.16. The maximum absolute atomic E-state index is 11.9. The van der Waals surface area contributed by atoms with Crippen molar-refractivity contribution in [1.82, 2.24) is 20.1 Å². The molecule has 0 aliphatic carbocycles. The second kappa shape index (κ2) is 6.60. The molecule has 3 heterocycles. The van der Waals surface area contributed by atoms with Crippen LogP contribution in [0.4, 0.5) is 10.7 Å². The van der Waals surface area contributed by atoms with Crippen LogP contribution in [0, 0.1) is 0 Å². The topological polar surface area (TPSA) is 83.1 Å². The number of carbonyl (C=O) groups is 1. The van der Waals surface area contributed by atoms with Gasteiger partial charge in [-0.1, -0.05) is 11.6 Å². The first-order valence-electron chi connectivity index (χ1n) is 7.68. The van der Waals surface area contributed by atoms with E-state index in [0.29, 0.717) is 25.6 Å². The summed E-state index contributed by atoms with van der Waals surface area (Å²) in [5, 5.41) is 10.2. The van der Waals surface area contributed by atoms with Gasteiger partial charge in [0.25, 0.3) is 0 Å². The number of carbonyl (C=O) groups excluding carboxylic acids is 1. The van der Waals surface area contributed by atoms with E-state index in [0.717, 1.165) is 15.0 Å². The number of amides is 1. The van der Waals surface area contributed by atoms with Crippen molar-refractivity contribution in [3.63, 3.8) is 0 Å². The Hall–Kier alpha value is -1.80. The fourth-order valence-electron chi connectivity index (χ4n) is 2.28. The molecule has 2 aromatic heterocycles. The third-order valence-corrected chi connectivity index (χ3v) is 4.70. The zero-order chi connectivity index (χ0) is 17.3. The standard InChI is InChI=1S/C15H20ClN5O2S/c1-15(2,3)23-14(22)21-7-9(8-21)12-18-13(20-19-12)17-6-10-4-5-11(16)24-10/h4-5,9H,6-8H2,1-3H3,(H2,17,18,19,20). The van der Waals surface area contributed by atoms with Crippen LogP contribution in [0.3, 0.4) is 0 Å². The average molecular weight is 370 g/mol. The third kappa shape index (κ3) is 4.18. The lowest BCUT2D eigenvalue weighted by molar-refractivity contribution is 0.00755. The van der Waals surface area contributed by atoms with E-state index in [2.05, 4.69) is 20.5 Å². The van der Waals surface area contributed by atoms with E-state index in [-0.39, 0.29) is 12.0 Å². The van der Waals surface area contributed by atoms with Crippen LogP contribution in [0.15, 0.2) is 12.1 Å². The smallest absolute Gasteiger partial charge is 0.410 e. The van der Waals surface area contributed by atoms with E-state index in [1.807, 2.05) is 32.9 Å². The molecule has 24 heavy (non-hydrogen) atoms. The Morgan fingerprint density at radius 3 is 2.88 bits per heavy atom. The van der Waals surface area contributed by atoms with Crippen LogP contribution in [0.1, 0.15) is 37.4 Å². The molecule has 0 atom stereocenters. The van der Waals surface area contributed by atoms with Gasteiger partial charge >= 0.3 is 6.09 Å². The molecule has 7 nitrogen and oxygen atoms in total. The summed E-state index contributed by atoms with van der Waals surface area (Å²) in [6.07, 6.45) is -0.286. The highest BCUT2D eigenvalue weighted by Gasteiger charge is 2.36. The predicted molar refractivity (Wildman–Crippen MR) is 93.6 cm³/mol. The van der Waals surface area contributed by atoms with Crippen molar-refractivity contribution in [1.29, 1.82) is 0 Å². The molecule has 0 saturated carbocycles. The number of likely N-dealkylation sites (tertiary alicyclic amines) is 1. The van der Waals surface area contributed by atoms with Gasteiger partial charge in [0, 0.05) is 18.0 Å². The Kier molecular flexibility index (Phi) is 4.69. The number of aromatic nitrogens is 3. The molecule has 3 rings (SSSR count). The minimum Gasteiger partial charge on any atom is -0.444 e. The molecule has 0 spiro atoms. The normalized spacial score (nSPS) is 15.2. The second-order valence-corrected chi connectivity index (χ2v) is 8.49. The number of nitrogens with zero attached hydrogens (tertiary/aromatic N) is 3. The number of thiophene rings is 1. The maximum Gasteiger partial charge on any atom is 0.410 e. The van der Waals surface area contributed by atoms with E-state index in [9.17, 15) is 4.79 Å². The lowest BCUT2D eigenvalue weighted by atomic mass is 10.0. The summed E-state index contributed by atoms with van der Waals surface area (Å²) in [6, 6.07) is 3.84. The number of H-pyrrole nitrogens is 1. The van der Waals surface area contributed by atoms with Gasteiger partial charge in [0.05, 0.1) is 16.8 Å². The summed E-state index contributed by atoms with van der Waals surface area (Å²) in [5.74, 6) is 1.49. The summed E-state index contributed by atoms with van der Waals surface area (Å²) in [6.45, 7) is 7.38. The molecule has 130 valence electrons. The zero-order valence-corrected chi connectivity index (χ0v) is 15.4. The Morgan fingerprint density at radius 1 is 1.50 bits per heavy atom. The number of aromatic amines is 1. The van der Waals surface area contributed by atoms with Crippen molar-refractivity contribution in [3.8, 4) is 0 Å². The molecular weight excluding hydrogens is 350 g/mol. The molecule has 1 aliphatic heterocycles. The number of hydrogen-bond acceptors (Lipinski definition) is 6. The van der Waals surface area contributed by atoms with Gasteiger partial charge in [-0.3, -0.25) is 5.10 Å². The van der Waals surface area contributed by atoms with Crippen molar-refractivity contribution in [2.45, 2.75) is 38.8 Å². The van der Waals surface area contributed by atoms with Crippen LogP contribution >= 0.6 is 22.9 Å². The van der Waals surface area contributed by atoms with Crippen LogP contribution in [0.25, 0.3) is 0 Å². The lowest BCUT2D eigenvalue weighted by Gasteiger charge is -2.38. The van der Waals surface area contributed by atoms with Crippen LogP contribution in [0.5, 0.6) is 0 Å². The fraction of sp³-hybridized carbons (Fsp3) is 0.533. The van der Waals surface area contributed by atoms with Gasteiger partial charge in [-0.05, 0) is 32.9 Å². The quantitative estimate of drug-likeness (QED) is 0.862. The summed E-state index contributed by atoms with van der Waals surface area (Å²) < 4.78 is 6.10. The van der Waals surface area contributed by atoms with Gasteiger partial charge < -0.3 is 15.0 Å². The predicted octanol–water partition coefficient (Wildman–Crippen LogP) is 3.47. The number of nitrogens with one attached hydrogen (secondary N) is 2. The van der Waals surface area contributed by atoms with Crippen LogP contribution < -0.4 is 5.32 Å². The number of rotatable bonds is 4. The molecule has 2 N–H and O–H groups in total. The first-order valence-corrected chi connectivity index (χ1v) is 8.88. The van der Waals surface area contributed by atoms with Crippen molar-refractivity contribution in [2.24, 2.45) is 0 Å². The Morgan fingerprint density at radius 2 is 2.25 bits per heavy atom. The van der Waals surface area contributed by atoms with Crippen LogP contribution in [0.2, 0.25) is 4.34 Å². The van der Waals surface area contributed by atoms with Gasteiger partial charge in [0.2, 0.25) is 5.95 Å². The van der Waals surface area contributed by atoms with Gasteiger partial charge in [-0.15, -0.1) is 16.4 Å². The molecule has 0 radical (unpaired) electrons. The molecule has 0 aromatic carbocycles. The third-order valence-electron chi connectivity index (χ3n) is 3.47. The molecule has 1 amide bonds. The first kappa shape index (κ1) is 17.0. The minimum atomic E-state index is -0.476. The molecule has 1 saturated heterocycles. The van der Waals surface area contributed by atoms with Crippen LogP contribution in [-0.4, -0.2) is 44.9 Å². The number of hydrogen-bond donors (Lipinski definition) is 2. The summed E-state index contributed by atoms with van der Waals surface area (Å²) in [5.41, 5.74) is -0.476. The van der Waals surface area contributed by atoms with Crippen molar-refractivity contribution >= 4 is 35.0 Å². The van der Waals surface area contributed by atoms with Crippen molar-refractivity contribution in [3.05, 3.63) is 27.2 Å². The molecular formula is C15H20ClN5O2S. The number of anilines is 1. The Labute approximate surface area is 149 Å². The summed E-state index contributed by atoms with van der Waals surface area (Å²) in [7, 11) is 0. The van der Waals surface area contributed by atoms with E-state index in [4.69, 9.17) is 16.3 Å². The van der Waals surface area contributed by atoms with Crippen molar-refractivity contribution in [2.75, 3.05) is 18.4 Å². The lowest BCUT2D eigenvalue weighted by Crippen LogP contribution is -2.50. The van der Waals surface area contributed by atoms with E-state index in [1.165, 1.54) is 11.3 Å². The number of halogens is 1. The molecule has 9 heteroatoms. The maximum atomic E-state index is 11.9. The highest BCUT2D eigenvalue weighted by Crippen LogP contribution is 2.27. The first-order chi connectivity index (χ1) is 11.3. The largest absolute Gasteiger partial charge is 0.444 e. The van der Waals surface area contributed by atoms with Gasteiger partial charge in [-0.25, -0.2) is 4.79 Å². The van der Waals surface area contributed by atoms with Gasteiger partial charge in [-0.2, -0.15) is 4.98 Å². The summed E-state index contributed by atoms with van der Waals surface area (Å²) in [4.78, 5) is 19.1. The minimum absolute atomic E-state index is 0.164. The van der Waals surface area contributed by atoms with E-state index in [1.54, 1.807) is 4.90 Å². The zero-order valence-electron chi connectivity index (χ0n) is 13.8. The Balaban J connectivity index is 1.48. The second-order valence-electron chi connectivity index (χ2n) is 6.69. The average Bonchev–Trinajstić information content (AvgIpc) is 3.02. The SMILES string of the molecule is CC(C)(C)OC(=O)N1CC(c2nc(NCc3ccc(Cl)s3)n[nH]2)C1. The van der Waals surface area contributed by atoms with Crippen molar-refractivity contribution < 1.29 is 9.53 Å². The highest BCUT2D eigenvalue weighted by atomic mass is 35.5. The van der Waals surface area contributed by atoms with Gasteiger partial charge in [0.15, 0.2) is 0 Å². The summed E-state index contributed by atoms with van der Waals surface area (Å²) >= 11 is 7.43. The van der Waals surface area contributed by atoms with Gasteiger partial charge in [0.1, 0.15) is 11.4 Å². The molecule has 0 bridgehead atoms. The van der Waals surface area contributed by atoms with E-state index >= 15 is 0 Å². The number of ether oxygens (including phenoxy) is 1. The molecule has 1 fully saturated rings. The molecule has 2 aromatic rings. The van der Waals surface area contributed by atoms with E-state index < -0.39 is 5.60 Å². The molecule has 0 unspecified atom stereocenters. The molecule has 1 aliphatic rings. The monoisotopic (exact) mass is 369 g/mol. The fourth-order valence-corrected chi connectivity index (χ4v) is 3.30.